The van der Waals surface area contributed by atoms with Crippen molar-refractivity contribution < 1.29 is 13.0 Å². The van der Waals surface area contributed by atoms with E-state index in [1.165, 1.54) is 6.07 Å². The molecule has 0 radical (unpaired) electrons. The van der Waals surface area contributed by atoms with Gasteiger partial charge >= 0.3 is 0 Å². The zero-order valence-corrected chi connectivity index (χ0v) is 13.8. The van der Waals surface area contributed by atoms with Gasteiger partial charge < -0.3 is 9.88 Å². The van der Waals surface area contributed by atoms with Crippen LogP contribution in [0.1, 0.15) is 13.8 Å². The lowest BCUT2D eigenvalue weighted by molar-refractivity contribution is 0.588. The maximum absolute atomic E-state index is 12.3. The molecule has 0 aliphatic carbocycles. The van der Waals surface area contributed by atoms with E-state index >= 15 is 0 Å². The molecule has 0 spiro atoms. The molecule has 19 heavy (non-hydrogen) atoms. The fraction of sp³-hybridized carbons (Fsp3) is 0.538. The summed E-state index contributed by atoms with van der Waals surface area (Å²) in [5.74, 6) is 0.454. The number of hydrogen-bond donors (Lipinski definition) is 1. The third-order valence-electron chi connectivity index (χ3n) is 2.68. The van der Waals surface area contributed by atoms with Crippen LogP contribution in [0.2, 0.25) is 0 Å². The zero-order chi connectivity index (χ0) is 14.8. The first-order valence-corrected chi connectivity index (χ1v) is 10.6. The summed E-state index contributed by atoms with van der Waals surface area (Å²) in [6, 6.07) is 4.78. The summed E-state index contributed by atoms with van der Waals surface area (Å²) in [7, 11) is -5.82. The summed E-state index contributed by atoms with van der Waals surface area (Å²) in [4.78, 5) is 0.210. The van der Waals surface area contributed by atoms with Crippen molar-refractivity contribution in [3.8, 4) is 0 Å². The molecule has 0 saturated heterocycles. The number of sulfone groups is 1. The Balaban J connectivity index is 3.30. The first-order chi connectivity index (χ1) is 8.51. The minimum Gasteiger partial charge on any atom is -0.384 e. The topological polar surface area (TPSA) is 63.2 Å². The summed E-state index contributed by atoms with van der Waals surface area (Å²) in [5.41, 5.74) is 0.759. The molecule has 1 aromatic rings. The van der Waals surface area contributed by atoms with E-state index in [9.17, 15) is 13.0 Å². The van der Waals surface area contributed by atoms with Gasteiger partial charge in [-0.25, -0.2) is 8.42 Å². The Labute approximate surface area is 115 Å². The Morgan fingerprint density at radius 2 is 1.84 bits per heavy atom. The van der Waals surface area contributed by atoms with Crippen LogP contribution in [-0.4, -0.2) is 34.5 Å². The molecule has 0 aromatic heterocycles. The van der Waals surface area contributed by atoms with Crippen LogP contribution in [0, 0.1) is 5.92 Å². The fourth-order valence-corrected chi connectivity index (χ4v) is 3.57. The molecule has 0 heterocycles. The van der Waals surface area contributed by atoms with Crippen LogP contribution < -0.4 is 10.6 Å². The molecule has 0 saturated carbocycles. The minimum absolute atomic E-state index is 0.210. The molecule has 4 nitrogen and oxygen atoms in total. The van der Waals surface area contributed by atoms with Gasteiger partial charge in [0.15, 0.2) is 9.84 Å². The highest BCUT2D eigenvalue weighted by Crippen LogP contribution is 2.38. The van der Waals surface area contributed by atoms with Gasteiger partial charge in [-0.2, -0.15) is 0 Å². The quantitative estimate of drug-likeness (QED) is 0.848. The summed E-state index contributed by atoms with van der Waals surface area (Å²) in [5, 5.41) is 3.82. The van der Waals surface area contributed by atoms with Crippen LogP contribution in [-0.2, 0) is 14.4 Å². The van der Waals surface area contributed by atoms with E-state index in [0.717, 1.165) is 18.5 Å². The second-order valence-electron chi connectivity index (χ2n) is 5.58. The third-order valence-corrected chi connectivity index (χ3v) is 5.32. The number of nitrogens with one attached hydrogen (secondary N) is 1. The largest absolute Gasteiger partial charge is 0.384 e. The highest BCUT2D eigenvalue weighted by atomic mass is 32.2. The maximum atomic E-state index is 12.3. The van der Waals surface area contributed by atoms with E-state index < -0.39 is 17.0 Å². The smallest absolute Gasteiger partial charge is 0.175 e. The van der Waals surface area contributed by atoms with Gasteiger partial charge in [0.05, 0.1) is 4.90 Å². The van der Waals surface area contributed by atoms with Crippen molar-refractivity contribution in [3.63, 3.8) is 0 Å². The van der Waals surface area contributed by atoms with Crippen molar-refractivity contribution in [1.82, 2.24) is 0 Å². The van der Waals surface area contributed by atoms with Gasteiger partial charge in [-0.3, -0.25) is 0 Å². The molecule has 1 rings (SSSR count). The van der Waals surface area contributed by atoms with Gasteiger partial charge in [-0.1, -0.05) is 13.8 Å². The van der Waals surface area contributed by atoms with Gasteiger partial charge in [0, 0.05) is 23.8 Å². The van der Waals surface area contributed by atoms with E-state index in [4.69, 9.17) is 0 Å². The second-order valence-corrected chi connectivity index (χ2v) is 10.8. The van der Waals surface area contributed by atoms with E-state index in [-0.39, 0.29) is 4.90 Å². The summed E-state index contributed by atoms with van der Waals surface area (Å²) in [6.45, 7) is 8.21. The Hall–Kier alpha value is -0.800. The van der Waals surface area contributed by atoms with E-state index in [1.807, 2.05) is 0 Å². The Bertz CT molecular complexity index is 602. The lowest BCUT2D eigenvalue weighted by Crippen LogP contribution is -2.17. The van der Waals surface area contributed by atoms with Gasteiger partial charge in [-0.15, -0.1) is 0 Å². The first-order valence-electron chi connectivity index (χ1n) is 6.15. The zero-order valence-electron chi connectivity index (χ0n) is 12.1. The highest BCUT2D eigenvalue weighted by molar-refractivity contribution is 7.90. The van der Waals surface area contributed by atoms with Crippen molar-refractivity contribution in [2.45, 2.75) is 18.7 Å². The molecular formula is C13H22NO3PS. The standard InChI is InChI=1S/C13H22NO3PS/c1-10(2)9-14-12-7-6-11(19(5,16)17)8-13(12)18(3,4)15/h6-8,10,14H,9H2,1-5H3. The number of benzene rings is 1. The lowest BCUT2D eigenvalue weighted by atomic mass is 10.2. The third kappa shape index (κ3) is 4.66. The predicted octanol–water partition coefficient (Wildman–Crippen LogP) is 2.41. The van der Waals surface area contributed by atoms with Crippen LogP contribution in [0.15, 0.2) is 23.1 Å². The second kappa shape index (κ2) is 5.68. The van der Waals surface area contributed by atoms with Crippen molar-refractivity contribution in [1.29, 1.82) is 0 Å². The molecule has 0 atom stereocenters. The van der Waals surface area contributed by atoms with Crippen LogP contribution >= 0.6 is 7.14 Å². The minimum atomic E-state index is -3.28. The van der Waals surface area contributed by atoms with Gasteiger partial charge in [0.2, 0.25) is 0 Å². The van der Waals surface area contributed by atoms with Crippen molar-refractivity contribution in [2.24, 2.45) is 5.92 Å². The molecule has 0 amide bonds. The lowest BCUT2D eigenvalue weighted by Gasteiger charge is -2.17. The normalized spacial score (nSPS) is 12.7. The molecule has 0 bridgehead atoms. The highest BCUT2D eigenvalue weighted by Gasteiger charge is 2.19. The maximum Gasteiger partial charge on any atom is 0.175 e. The van der Waals surface area contributed by atoms with Gasteiger partial charge in [0.1, 0.15) is 7.14 Å². The fourth-order valence-electron chi connectivity index (χ4n) is 1.65. The Morgan fingerprint density at radius 3 is 2.26 bits per heavy atom. The van der Waals surface area contributed by atoms with Crippen molar-refractivity contribution in [3.05, 3.63) is 18.2 Å². The monoisotopic (exact) mass is 303 g/mol. The molecule has 0 fully saturated rings. The Kier molecular flexibility index (Phi) is 4.86. The van der Waals surface area contributed by atoms with Crippen LogP contribution in [0.25, 0.3) is 0 Å². The average molecular weight is 303 g/mol. The molecule has 6 heteroatoms. The molecule has 0 aliphatic heterocycles. The van der Waals surface area contributed by atoms with Crippen LogP contribution in [0.4, 0.5) is 5.69 Å². The Morgan fingerprint density at radius 1 is 1.26 bits per heavy atom. The predicted molar refractivity (Wildman–Crippen MR) is 82.0 cm³/mol. The van der Waals surface area contributed by atoms with Crippen LogP contribution in [0.3, 0.4) is 0 Å². The average Bonchev–Trinajstić information content (AvgIpc) is 2.23. The van der Waals surface area contributed by atoms with Crippen molar-refractivity contribution in [2.75, 3.05) is 31.4 Å². The molecule has 0 unspecified atom stereocenters. The molecule has 1 aromatic carbocycles. The SMILES string of the molecule is CC(C)CNc1ccc(S(C)(=O)=O)cc1P(C)(C)=O. The van der Waals surface area contributed by atoms with Crippen LogP contribution in [0.5, 0.6) is 0 Å². The van der Waals surface area contributed by atoms with E-state index in [0.29, 0.717) is 11.2 Å². The van der Waals surface area contributed by atoms with E-state index in [1.54, 1.807) is 25.5 Å². The number of anilines is 1. The summed E-state index contributed by atoms with van der Waals surface area (Å²) in [6.07, 6.45) is 1.16. The summed E-state index contributed by atoms with van der Waals surface area (Å²) < 4.78 is 35.5. The van der Waals surface area contributed by atoms with E-state index in [2.05, 4.69) is 19.2 Å². The number of hydrogen-bond acceptors (Lipinski definition) is 4. The van der Waals surface area contributed by atoms with Crippen molar-refractivity contribution >= 4 is 28.0 Å². The summed E-state index contributed by atoms with van der Waals surface area (Å²) >= 11 is 0. The van der Waals surface area contributed by atoms with Gasteiger partial charge in [0.25, 0.3) is 0 Å². The number of rotatable bonds is 5. The molecule has 0 aliphatic rings. The molecule has 108 valence electrons. The molecular weight excluding hydrogens is 281 g/mol. The first kappa shape index (κ1) is 16.3. The van der Waals surface area contributed by atoms with Gasteiger partial charge in [-0.05, 0) is 37.4 Å². The molecule has 1 N–H and O–H groups in total.